The Hall–Kier alpha value is -3.69. The molecule has 29 heavy (non-hydrogen) atoms. The van der Waals surface area contributed by atoms with Crippen molar-refractivity contribution < 1.29 is 9.59 Å². The highest BCUT2D eigenvalue weighted by Gasteiger charge is 2.21. The quantitative estimate of drug-likeness (QED) is 0.669. The van der Waals surface area contributed by atoms with E-state index in [0.29, 0.717) is 18.5 Å². The minimum atomic E-state index is -0.505. The van der Waals surface area contributed by atoms with Crippen LogP contribution in [0.3, 0.4) is 0 Å². The predicted octanol–water partition coefficient (Wildman–Crippen LogP) is -0.0186. The van der Waals surface area contributed by atoms with Gasteiger partial charge in [0.25, 0.3) is 5.56 Å². The third kappa shape index (κ3) is 3.02. The molecule has 4 rings (SSSR count). The molecule has 0 radical (unpaired) electrons. The molecular weight excluding hydrogens is 376 g/mol. The first kappa shape index (κ1) is 18.7. The lowest BCUT2D eigenvalue weighted by atomic mass is 10.0. The molecule has 3 aromatic rings. The molecule has 0 spiro atoms. The van der Waals surface area contributed by atoms with Crippen LogP contribution in [-0.2, 0) is 36.6 Å². The number of nitrogens with zero attached hydrogens (tertiary/aromatic N) is 5. The van der Waals surface area contributed by atoms with E-state index in [1.807, 2.05) is 6.07 Å². The van der Waals surface area contributed by atoms with Gasteiger partial charge in [-0.1, -0.05) is 0 Å². The van der Waals surface area contributed by atoms with Crippen LogP contribution in [0.15, 0.2) is 34.1 Å². The normalized spacial score (nSPS) is 13.6. The summed E-state index contributed by atoms with van der Waals surface area (Å²) in [6.45, 7) is -0.126. The number of anilines is 2. The Morgan fingerprint density at radius 2 is 1.86 bits per heavy atom. The molecule has 1 aliphatic heterocycles. The fourth-order valence-electron chi connectivity index (χ4n) is 3.61. The Balaban J connectivity index is 1.59. The van der Waals surface area contributed by atoms with Gasteiger partial charge in [0.1, 0.15) is 6.54 Å². The number of imidazole rings is 1. The molecule has 150 valence electrons. The summed E-state index contributed by atoms with van der Waals surface area (Å²) in [5, 5.41) is 2.81. The van der Waals surface area contributed by atoms with Gasteiger partial charge in [-0.15, -0.1) is 0 Å². The average Bonchev–Trinajstić information content (AvgIpc) is 3.11. The fraction of sp³-hybridized carbons (Fsp3) is 0.316. The monoisotopic (exact) mass is 396 g/mol. The smallest absolute Gasteiger partial charge is 0.325 e. The first-order valence-electron chi connectivity index (χ1n) is 9.08. The summed E-state index contributed by atoms with van der Waals surface area (Å²) < 4.78 is 3.68. The van der Waals surface area contributed by atoms with Crippen molar-refractivity contribution in [3.63, 3.8) is 0 Å². The maximum Gasteiger partial charge on any atom is 0.332 e. The van der Waals surface area contributed by atoms with E-state index in [0.717, 1.165) is 15.8 Å². The van der Waals surface area contributed by atoms with Crippen LogP contribution in [-0.4, -0.2) is 37.5 Å². The van der Waals surface area contributed by atoms with Crippen molar-refractivity contribution in [3.05, 3.63) is 50.9 Å². The minimum absolute atomic E-state index is 0.0669. The summed E-state index contributed by atoms with van der Waals surface area (Å²) in [5.41, 5.74) is 1.87. The summed E-state index contributed by atoms with van der Waals surface area (Å²) in [4.78, 5) is 54.6. The zero-order chi connectivity index (χ0) is 20.9. The number of carbonyl (C=O) groups is 2. The molecule has 0 fully saturated rings. The number of hydrogen-bond donors (Lipinski definition) is 1. The largest absolute Gasteiger partial charge is 0.332 e. The number of hydrogen-bond acceptors (Lipinski definition) is 5. The molecule has 10 nitrogen and oxygen atoms in total. The van der Waals surface area contributed by atoms with Crippen molar-refractivity contribution in [2.24, 2.45) is 14.1 Å². The Labute approximate surface area is 165 Å². The molecule has 0 unspecified atom stereocenters. The molecule has 2 aromatic heterocycles. The van der Waals surface area contributed by atoms with E-state index in [1.165, 1.54) is 29.6 Å². The van der Waals surface area contributed by atoms with Crippen LogP contribution in [0.1, 0.15) is 12.0 Å². The van der Waals surface area contributed by atoms with E-state index >= 15 is 0 Å². The molecule has 2 amide bonds. The first-order chi connectivity index (χ1) is 13.8. The van der Waals surface area contributed by atoms with Gasteiger partial charge in [-0.3, -0.25) is 23.5 Å². The van der Waals surface area contributed by atoms with Gasteiger partial charge in [0.15, 0.2) is 11.2 Å². The second kappa shape index (κ2) is 6.73. The van der Waals surface area contributed by atoms with Crippen molar-refractivity contribution >= 4 is 34.4 Å². The third-order valence-electron chi connectivity index (χ3n) is 5.24. The van der Waals surface area contributed by atoms with Crippen LogP contribution in [0.25, 0.3) is 11.2 Å². The number of fused-ring (bicyclic) bond motifs is 2. The number of amides is 2. The Morgan fingerprint density at radius 3 is 2.62 bits per heavy atom. The van der Waals surface area contributed by atoms with Gasteiger partial charge >= 0.3 is 5.69 Å². The average molecular weight is 396 g/mol. The minimum Gasteiger partial charge on any atom is -0.325 e. The van der Waals surface area contributed by atoms with Crippen molar-refractivity contribution in [1.29, 1.82) is 0 Å². The molecule has 1 aliphatic rings. The van der Waals surface area contributed by atoms with Gasteiger partial charge in [-0.2, -0.15) is 0 Å². The topological polar surface area (TPSA) is 111 Å². The first-order valence-corrected chi connectivity index (χ1v) is 9.08. The maximum atomic E-state index is 12.6. The summed E-state index contributed by atoms with van der Waals surface area (Å²) >= 11 is 0. The number of rotatable bonds is 3. The van der Waals surface area contributed by atoms with Crippen molar-refractivity contribution in [1.82, 2.24) is 18.7 Å². The van der Waals surface area contributed by atoms with Gasteiger partial charge in [0.2, 0.25) is 11.8 Å². The number of aryl methyl sites for hydroxylation is 2. The summed E-state index contributed by atoms with van der Waals surface area (Å²) in [5.74, 6) is -0.266. The van der Waals surface area contributed by atoms with Crippen LogP contribution < -0.4 is 21.5 Å². The lowest BCUT2D eigenvalue weighted by Crippen LogP contribution is -2.37. The van der Waals surface area contributed by atoms with Gasteiger partial charge in [0.05, 0.1) is 6.33 Å². The van der Waals surface area contributed by atoms with Crippen LogP contribution in [0.5, 0.6) is 0 Å². The number of nitrogens with one attached hydrogen (secondary N) is 1. The Bertz CT molecular complexity index is 1280. The van der Waals surface area contributed by atoms with Crippen LogP contribution in [0, 0.1) is 0 Å². The zero-order valence-corrected chi connectivity index (χ0v) is 16.3. The highest BCUT2D eigenvalue weighted by atomic mass is 16.2. The number of carbonyl (C=O) groups excluding carboxylic acids is 2. The highest BCUT2D eigenvalue weighted by molar-refractivity contribution is 5.97. The lowest BCUT2D eigenvalue weighted by molar-refractivity contribution is -0.118. The summed E-state index contributed by atoms with van der Waals surface area (Å²) in [6.07, 6.45) is 2.43. The molecule has 10 heteroatoms. The SMILES string of the molecule is CN1C(=O)CCc2cc(NC(=O)Cn3cnc4c3c(=O)n(C)c(=O)n4C)ccc21. The predicted molar refractivity (Wildman–Crippen MR) is 107 cm³/mol. The summed E-state index contributed by atoms with van der Waals surface area (Å²) in [7, 11) is 4.64. The van der Waals surface area contributed by atoms with E-state index in [9.17, 15) is 19.2 Å². The van der Waals surface area contributed by atoms with Gasteiger partial charge in [0, 0.05) is 38.9 Å². The Kier molecular flexibility index (Phi) is 4.33. The molecule has 0 saturated heterocycles. The Morgan fingerprint density at radius 1 is 1.10 bits per heavy atom. The molecule has 0 atom stereocenters. The molecular formula is C19H20N6O4. The molecule has 0 aliphatic carbocycles. The fourth-order valence-corrected chi connectivity index (χ4v) is 3.61. The molecule has 1 aromatic carbocycles. The standard InChI is InChI=1S/C19H20N6O4/c1-22-13-6-5-12(8-11(13)4-7-15(22)27)21-14(26)9-25-10-20-17-16(25)18(28)24(3)19(29)23(17)2/h5-6,8,10H,4,7,9H2,1-3H3,(H,21,26). The number of aromatic nitrogens is 4. The second-order valence-electron chi connectivity index (χ2n) is 7.09. The highest BCUT2D eigenvalue weighted by Crippen LogP contribution is 2.29. The van der Waals surface area contributed by atoms with Gasteiger partial charge in [-0.05, 0) is 30.2 Å². The maximum absolute atomic E-state index is 12.6. The van der Waals surface area contributed by atoms with Gasteiger partial charge < -0.3 is 14.8 Å². The summed E-state index contributed by atoms with van der Waals surface area (Å²) in [6, 6.07) is 5.39. The molecule has 0 bridgehead atoms. The van der Waals surface area contributed by atoms with Crippen LogP contribution in [0.2, 0.25) is 0 Å². The lowest BCUT2D eigenvalue weighted by Gasteiger charge is -2.26. The van der Waals surface area contributed by atoms with E-state index in [-0.39, 0.29) is 29.5 Å². The van der Waals surface area contributed by atoms with Gasteiger partial charge in [-0.25, -0.2) is 9.78 Å². The zero-order valence-electron chi connectivity index (χ0n) is 16.3. The van der Waals surface area contributed by atoms with E-state index in [1.54, 1.807) is 24.1 Å². The van der Waals surface area contributed by atoms with E-state index < -0.39 is 11.2 Å². The second-order valence-corrected chi connectivity index (χ2v) is 7.09. The van der Waals surface area contributed by atoms with E-state index in [2.05, 4.69) is 10.3 Å². The van der Waals surface area contributed by atoms with Crippen LogP contribution in [0.4, 0.5) is 11.4 Å². The molecule has 0 saturated carbocycles. The van der Waals surface area contributed by atoms with Crippen molar-refractivity contribution in [3.8, 4) is 0 Å². The van der Waals surface area contributed by atoms with Crippen LogP contribution >= 0.6 is 0 Å². The van der Waals surface area contributed by atoms with Crippen molar-refractivity contribution in [2.45, 2.75) is 19.4 Å². The third-order valence-corrected chi connectivity index (χ3v) is 5.24. The number of benzene rings is 1. The van der Waals surface area contributed by atoms with Crippen molar-refractivity contribution in [2.75, 3.05) is 17.3 Å². The van der Waals surface area contributed by atoms with E-state index in [4.69, 9.17) is 0 Å². The molecule has 1 N–H and O–H groups in total. The molecule has 3 heterocycles.